The fourth-order valence-electron chi connectivity index (χ4n) is 1.21. The summed E-state index contributed by atoms with van der Waals surface area (Å²) < 4.78 is 1.38. The predicted molar refractivity (Wildman–Crippen MR) is 52.5 cm³/mol. The molecule has 2 aromatic rings. The van der Waals surface area contributed by atoms with Gasteiger partial charge in [0, 0.05) is 18.9 Å². The van der Waals surface area contributed by atoms with Crippen LogP contribution in [0.4, 0.5) is 5.69 Å². The highest BCUT2D eigenvalue weighted by atomic mass is 16.3. The number of nitrogens with two attached hydrogens (primary N) is 1. The molecule has 3 N–H and O–H groups in total. The van der Waals surface area contributed by atoms with E-state index in [9.17, 15) is 5.11 Å². The molecule has 2 heterocycles. The topological polar surface area (TPSA) is 77.0 Å². The summed E-state index contributed by atoms with van der Waals surface area (Å²) >= 11 is 0. The molecule has 2 aromatic heterocycles. The Morgan fingerprint density at radius 3 is 2.86 bits per heavy atom. The van der Waals surface area contributed by atoms with Crippen molar-refractivity contribution in [2.75, 3.05) is 5.73 Å². The van der Waals surface area contributed by atoms with Crippen molar-refractivity contribution < 1.29 is 5.11 Å². The average Bonchev–Trinajstić information content (AvgIpc) is 2.48. The van der Waals surface area contributed by atoms with E-state index in [1.54, 1.807) is 31.6 Å². The number of aromatic hydroxyl groups is 1. The van der Waals surface area contributed by atoms with Crippen LogP contribution in [-0.2, 0) is 7.05 Å². The third-order valence-corrected chi connectivity index (χ3v) is 1.97. The highest BCUT2D eigenvalue weighted by molar-refractivity contribution is 5.66. The van der Waals surface area contributed by atoms with Crippen molar-refractivity contribution in [1.29, 1.82) is 0 Å². The SMILES string of the molecule is Cn1ncc(-c2cc(N)ccn2)c1O. The van der Waals surface area contributed by atoms with Gasteiger partial charge in [0.05, 0.1) is 17.5 Å². The molecule has 0 saturated heterocycles. The second kappa shape index (κ2) is 3.02. The summed E-state index contributed by atoms with van der Waals surface area (Å²) in [6.07, 6.45) is 3.15. The smallest absolute Gasteiger partial charge is 0.218 e. The fourth-order valence-corrected chi connectivity index (χ4v) is 1.21. The zero-order chi connectivity index (χ0) is 10.1. The van der Waals surface area contributed by atoms with Crippen molar-refractivity contribution in [1.82, 2.24) is 14.8 Å². The average molecular weight is 190 g/mol. The zero-order valence-electron chi connectivity index (χ0n) is 7.68. The highest BCUT2D eigenvalue weighted by Gasteiger charge is 2.09. The van der Waals surface area contributed by atoms with E-state index in [-0.39, 0.29) is 5.88 Å². The van der Waals surface area contributed by atoms with E-state index in [2.05, 4.69) is 10.1 Å². The van der Waals surface area contributed by atoms with Crippen LogP contribution in [0.25, 0.3) is 11.3 Å². The predicted octanol–water partition coefficient (Wildman–Crippen LogP) is 0.770. The molecule has 0 amide bonds. The maximum absolute atomic E-state index is 9.60. The molecular weight excluding hydrogens is 180 g/mol. The monoisotopic (exact) mass is 190 g/mol. The molecule has 0 atom stereocenters. The molecule has 72 valence electrons. The van der Waals surface area contributed by atoms with Crippen molar-refractivity contribution in [3.05, 3.63) is 24.5 Å². The third kappa shape index (κ3) is 1.28. The summed E-state index contributed by atoms with van der Waals surface area (Å²) in [4.78, 5) is 4.09. The van der Waals surface area contributed by atoms with Gasteiger partial charge in [-0.3, -0.25) is 4.98 Å². The molecule has 0 saturated carbocycles. The molecule has 0 unspecified atom stereocenters. The van der Waals surface area contributed by atoms with Crippen LogP contribution < -0.4 is 5.73 Å². The Bertz CT molecular complexity index is 464. The Balaban J connectivity index is 2.55. The van der Waals surface area contributed by atoms with Crippen LogP contribution in [0.3, 0.4) is 0 Å². The van der Waals surface area contributed by atoms with Gasteiger partial charge < -0.3 is 10.8 Å². The minimum atomic E-state index is 0.0862. The maximum Gasteiger partial charge on any atom is 0.218 e. The minimum absolute atomic E-state index is 0.0862. The third-order valence-electron chi connectivity index (χ3n) is 1.97. The van der Waals surface area contributed by atoms with Crippen LogP contribution in [0.2, 0.25) is 0 Å². The zero-order valence-corrected chi connectivity index (χ0v) is 7.68. The molecule has 5 heteroatoms. The van der Waals surface area contributed by atoms with Crippen LogP contribution in [0, 0.1) is 0 Å². The number of hydrogen-bond donors (Lipinski definition) is 2. The standard InChI is InChI=1S/C9H10N4O/c1-13-9(14)7(5-12-13)8-4-6(10)2-3-11-8/h2-5,14H,1H3,(H2,10,11). The Morgan fingerprint density at radius 1 is 1.50 bits per heavy atom. The summed E-state index contributed by atoms with van der Waals surface area (Å²) in [6, 6.07) is 3.38. The first-order valence-corrected chi connectivity index (χ1v) is 4.11. The van der Waals surface area contributed by atoms with Crippen molar-refractivity contribution in [3.63, 3.8) is 0 Å². The van der Waals surface area contributed by atoms with E-state index >= 15 is 0 Å². The summed E-state index contributed by atoms with van der Waals surface area (Å²) in [5, 5.41) is 13.5. The van der Waals surface area contributed by atoms with Crippen LogP contribution in [0.5, 0.6) is 5.88 Å². The van der Waals surface area contributed by atoms with Gasteiger partial charge in [0.1, 0.15) is 0 Å². The molecule has 5 nitrogen and oxygen atoms in total. The first-order chi connectivity index (χ1) is 6.68. The van der Waals surface area contributed by atoms with Gasteiger partial charge in [0.2, 0.25) is 5.88 Å². The van der Waals surface area contributed by atoms with Crippen molar-refractivity contribution in [3.8, 4) is 17.1 Å². The van der Waals surface area contributed by atoms with Crippen LogP contribution in [-0.4, -0.2) is 19.9 Å². The fraction of sp³-hybridized carbons (Fsp3) is 0.111. The molecule has 0 bridgehead atoms. The van der Waals surface area contributed by atoms with Crippen LogP contribution in [0.15, 0.2) is 24.5 Å². The normalized spacial score (nSPS) is 10.4. The number of aryl methyl sites for hydroxylation is 1. The van der Waals surface area contributed by atoms with E-state index in [1.807, 2.05) is 0 Å². The van der Waals surface area contributed by atoms with E-state index in [0.29, 0.717) is 16.9 Å². The first-order valence-electron chi connectivity index (χ1n) is 4.11. The van der Waals surface area contributed by atoms with Gasteiger partial charge in [0.15, 0.2) is 0 Å². The number of rotatable bonds is 1. The molecule has 0 radical (unpaired) electrons. The summed E-state index contributed by atoms with van der Waals surface area (Å²) in [7, 11) is 1.66. The van der Waals surface area contributed by atoms with Gasteiger partial charge >= 0.3 is 0 Å². The number of hydrogen-bond acceptors (Lipinski definition) is 4. The summed E-state index contributed by atoms with van der Waals surface area (Å²) in [5.74, 6) is 0.0862. The Kier molecular flexibility index (Phi) is 1.85. The van der Waals surface area contributed by atoms with Gasteiger partial charge in [-0.1, -0.05) is 0 Å². The molecule has 0 spiro atoms. The van der Waals surface area contributed by atoms with Gasteiger partial charge in [-0.15, -0.1) is 0 Å². The maximum atomic E-state index is 9.60. The quantitative estimate of drug-likeness (QED) is 0.696. The number of anilines is 1. The van der Waals surface area contributed by atoms with Crippen molar-refractivity contribution in [2.45, 2.75) is 0 Å². The molecule has 0 aliphatic rings. The molecule has 0 aliphatic heterocycles. The van der Waals surface area contributed by atoms with Gasteiger partial charge in [-0.05, 0) is 12.1 Å². The number of aromatic nitrogens is 3. The molecule has 2 rings (SSSR count). The van der Waals surface area contributed by atoms with Gasteiger partial charge in [-0.25, -0.2) is 4.68 Å². The lowest BCUT2D eigenvalue weighted by Crippen LogP contribution is -1.89. The molecule has 0 fully saturated rings. The Morgan fingerprint density at radius 2 is 2.29 bits per heavy atom. The van der Waals surface area contributed by atoms with Crippen molar-refractivity contribution >= 4 is 5.69 Å². The van der Waals surface area contributed by atoms with Crippen LogP contribution >= 0.6 is 0 Å². The summed E-state index contributed by atoms with van der Waals surface area (Å²) in [5.41, 5.74) is 7.42. The van der Waals surface area contributed by atoms with E-state index < -0.39 is 0 Å². The second-order valence-corrected chi connectivity index (χ2v) is 2.98. The van der Waals surface area contributed by atoms with E-state index in [0.717, 1.165) is 0 Å². The molecular formula is C9H10N4O. The molecule has 0 aliphatic carbocycles. The minimum Gasteiger partial charge on any atom is -0.493 e. The lowest BCUT2D eigenvalue weighted by molar-refractivity contribution is 0.420. The number of pyridine rings is 1. The van der Waals surface area contributed by atoms with Crippen molar-refractivity contribution in [2.24, 2.45) is 7.05 Å². The van der Waals surface area contributed by atoms with Gasteiger partial charge in [-0.2, -0.15) is 5.10 Å². The largest absolute Gasteiger partial charge is 0.493 e. The number of nitrogen functional groups attached to an aromatic ring is 1. The second-order valence-electron chi connectivity index (χ2n) is 2.98. The Labute approximate surface area is 80.8 Å². The van der Waals surface area contributed by atoms with Crippen LogP contribution in [0.1, 0.15) is 0 Å². The molecule has 14 heavy (non-hydrogen) atoms. The van der Waals surface area contributed by atoms with E-state index in [1.165, 1.54) is 4.68 Å². The van der Waals surface area contributed by atoms with E-state index in [4.69, 9.17) is 5.73 Å². The number of nitrogens with zero attached hydrogens (tertiary/aromatic N) is 3. The summed E-state index contributed by atoms with van der Waals surface area (Å²) in [6.45, 7) is 0. The Hall–Kier alpha value is -2.04. The van der Waals surface area contributed by atoms with Gasteiger partial charge in [0.25, 0.3) is 0 Å². The first kappa shape index (κ1) is 8.55. The molecule has 0 aromatic carbocycles. The lowest BCUT2D eigenvalue weighted by Gasteiger charge is -1.99. The highest BCUT2D eigenvalue weighted by Crippen LogP contribution is 2.26. The lowest BCUT2D eigenvalue weighted by atomic mass is 10.2.